The molecule has 0 saturated carbocycles. The molecule has 0 radical (unpaired) electrons. The van der Waals surface area contributed by atoms with Gasteiger partial charge in [-0.1, -0.05) is 24.3 Å². The SMILES string of the molecule is CCOC(=O)C[C@H](c1ccc([N+](=O)[O-])cc1)[C@H](NC(=O)[C@H](Cc1ccc(F)cc1)NC(C)=O)C(=O)O. The largest absolute Gasteiger partial charge is 0.480 e. The summed E-state index contributed by atoms with van der Waals surface area (Å²) in [6.07, 6.45) is -0.496. The number of hydrogen-bond acceptors (Lipinski definition) is 7. The Hall–Kier alpha value is -4.35. The van der Waals surface area contributed by atoms with Gasteiger partial charge in [-0.3, -0.25) is 24.5 Å². The second kappa shape index (κ2) is 12.9. The van der Waals surface area contributed by atoms with E-state index in [0.29, 0.717) is 5.56 Å². The molecule has 2 amide bonds. The number of nitro benzene ring substituents is 1. The number of carbonyl (C=O) groups excluding carboxylic acids is 3. The van der Waals surface area contributed by atoms with Crippen LogP contribution >= 0.6 is 0 Å². The second-order valence-electron chi connectivity index (χ2n) is 7.87. The third kappa shape index (κ3) is 8.15. The summed E-state index contributed by atoms with van der Waals surface area (Å²) in [5.74, 6) is -5.24. The van der Waals surface area contributed by atoms with E-state index in [-0.39, 0.29) is 24.3 Å². The molecule has 3 N–H and O–H groups in total. The number of benzene rings is 2. The maximum Gasteiger partial charge on any atom is 0.326 e. The first-order valence-electron chi connectivity index (χ1n) is 11.0. The topological polar surface area (TPSA) is 165 Å². The van der Waals surface area contributed by atoms with Crippen LogP contribution < -0.4 is 10.6 Å². The van der Waals surface area contributed by atoms with Crippen molar-refractivity contribution in [2.24, 2.45) is 0 Å². The lowest BCUT2D eigenvalue weighted by atomic mass is 9.88. The van der Waals surface area contributed by atoms with Crippen LogP contribution in [0.1, 0.15) is 37.3 Å². The van der Waals surface area contributed by atoms with Crippen molar-refractivity contribution in [1.29, 1.82) is 0 Å². The molecule has 11 nitrogen and oxygen atoms in total. The zero-order valence-corrected chi connectivity index (χ0v) is 19.6. The molecule has 2 aromatic carbocycles. The number of amides is 2. The van der Waals surface area contributed by atoms with Crippen LogP contribution in [0.15, 0.2) is 48.5 Å². The maximum absolute atomic E-state index is 13.2. The molecule has 0 aromatic heterocycles. The molecule has 0 heterocycles. The van der Waals surface area contributed by atoms with Gasteiger partial charge in [0.1, 0.15) is 17.9 Å². The first-order valence-corrected chi connectivity index (χ1v) is 11.0. The van der Waals surface area contributed by atoms with E-state index in [1.54, 1.807) is 6.92 Å². The van der Waals surface area contributed by atoms with Crippen LogP contribution in [0.25, 0.3) is 0 Å². The highest BCUT2D eigenvalue weighted by atomic mass is 19.1. The van der Waals surface area contributed by atoms with E-state index in [1.807, 2.05) is 0 Å². The highest BCUT2D eigenvalue weighted by molar-refractivity contribution is 5.91. The van der Waals surface area contributed by atoms with Gasteiger partial charge < -0.3 is 20.5 Å². The van der Waals surface area contributed by atoms with Gasteiger partial charge in [0.25, 0.3) is 5.69 Å². The zero-order valence-electron chi connectivity index (χ0n) is 19.6. The van der Waals surface area contributed by atoms with E-state index in [2.05, 4.69) is 10.6 Å². The molecule has 0 spiro atoms. The Morgan fingerprint density at radius 1 is 1.06 bits per heavy atom. The lowest BCUT2D eigenvalue weighted by molar-refractivity contribution is -0.384. The molecule has 2 rings (SSSR count). The third-order valence-corrected chi connectivity index (χ3v) is 5.24. The number of carboxylic acids is 1. The molecule has 12 heteroatoms. The first kappa shape index (κ1) is 27.9. The predicted octanol–water partition coefficient (Wildman–Crippen LogP) is 2.09. The molecule has 0 bridgehead atoms. The predicted molar refractivity (Wildman–Crippen MR) is 124 cm³/mol. The molecule has 36 heavy (non-hydrogen) atoms. The number of ether oxygens (including phenoxy) is 1. The Labute approximate surface area is 205 Å². The number of esters is 1. The molecule has 192 valence electrons. The second-order valence-corrected chi connectivity index (χ2v) is 7.87. The van der Waals surface area contributed by atoms with Crippen molar-refractivity contribution in [3.05, 3.63) is 75.6 Å². The average molecular weight is 503 g/mol. The van der Waals surface area contributed by atoms with Gasteiger partial charge in [0, 0.05) is 31.4 Å². The number of rotatable bonds is 12. The zero-order chi connectivity index (χ0) is 26.8. The van der Waals surface area contributed by atoms with E-state index >= 15 is 0 Å². The van der Waals surface area contributed by atoms with Crippen LogP contribution in [0.3, 0.4) is 0 Å². The van der Waals surface area contributed by atoms with Crippen molar-refractivity contribution in [3.63, 3.8) is 0 Å². The van der Waals surface area contributed by atoms with E-state index in [4.69, 9.17) is 4.74 Å². The van der Waals surface area contributed by atoms with Gasteiger partial charge in [-0.05, 0) is 30.2 Å². The van der Waals surface area contributed by atoms with Crippen molar-refractivity contribution in [3.8, 4) is 0 Å². The summed E-state index contributed by atoms with van der Waals surface area (Å²) in [4.78, 5) is 59.6. The lowest BCUT2D eigenvalue weighted by Crippen LogP contribution is -2.54. The first-order chi connectivity index (χ1) is 17.0. The summed E-state index contributed by atoms with van der Waals surface area (Å²) in [6.45, 7) is 2.79. The normalized spacial score (nSPS) is 13.1. The molecule has 0 fully saturated rings. The van der Waals surface area contributed by atoms with Gasteiger partial charge >= 0.3 is 11.9 Å². The highest BCUT2D eigenvalue weighted by Gasteiger charge is 2.35. The van der Waals surface area contributed by atoms with E-state index < -0.39 is 58.9 Å². The van der Waals surface area contributed by atoms with Gasteiger partial charge in [0.2, 0.25) is 11.8 Å². The number of aliphatic carboxylic acids is 1. The molecule has 0 aliphatic heterocycles. The molecule has 0 aliphatic rings. The minimum absolute atomic E-state index is 0.0399. The number of nitro groups is 1. The lowest BCUT2D eigenvalue weighted by Gasteiger charge is -2.27. The summed E-state index contributed by atoms with van der Waals surface area (Å²) < 4.78 is 18.2. The van der Waals surface area contributed by atoms with Gasteiger partial charge in [-0.25, -0.2) is 9.18 Å². The molecule has 0 saturated heterocycles. The average Bonchev–Trinajstić information content (AvgIpc) is 2.82. The molecule has 3 atom stereocenters. The number of halogens is 1. The molecule has 0 aliphatic carbocycles. The smallest absolute Gasteiger partial charge is 0.326 e. The number of carbonyl (C=O) groups is 4. The Morgan fingerprint density at radius 2 is 1.67 bits per heavy atom. The number of hydrogen-bond donors (Lipinski definition) is 3. The number of nitrogens with zero attached hydrogens (tertiary/aromatic N) is 1. The van der Waals surface area contributed by atoms with E-state index in [9.17, 15) is 38.8 Å². The van der Waals surface area contributed by atoms with Crippen LogP contribution in [0.2, 0.25) is 0 Å². The number of carboxylic acid groups (broad SMARTS) is 1. The van der Waals surface area contributed by atoms with Crippen LogP contribution in [0.5, 0.6) is 0 Å². The summed E-state index contributed by atoms with van der Waals surface area (Å²) in [6, 6.07) is 7.28. The van der Waals surface area contributed by atoms with Gasteiger partial charge in [0.05, 0.1) is 18.0 Å². The molecule has 2 aromatic rings. The molecular weight excluding hydrogens is 477 g/mol. The fourth-order valence-electron chi connectivity index (χ4n) is 3.57. The quantitative estimate of drug-likeness (QED) is 0.225. The Balaban J connectivity index is 2.37. The fraction of sp³-hybridized carbons (Fsp3) is 0.333. The van der Waals surface area contributed by atoms with Gasteiger partial charge in [-0.2, -0.15) is 0 Å². The highest BCUT2D eigenvalue weighted by Crippen LogP contribution is 2.27. The molecule has 0 unspecified atom stereocenters. The third-order valence-electron chi connectivity index (χ3n) is 5.24. The fourth-order valence-corrected chi connectivity index (χ4v) is 3.57. The van der Waals surface area contributed by atoms with Crippen molar-refractivity contribution >= 4 is 29.4 Å². The van der Waals surface area contributed by atoms with Crippen molar-refractivity contribution < 1.29 is 38.3 Å². The Kier molecular flexibility index (Phi) is 10.0. The minimum atomic E-state index is -1.65. The summed E-state index contributed by atoms with van der Waals surface area (Å²) >= 11 is 0. The standard InChI is InChI=1S/C24H26FN3O8/c1-3-36-21(30)13-19(16-6-10-18(11-7-16)28(34)35)22(24(32)33)27-23(31)20(26-14(2)29)12-15-4-8-17(25)9-5-15/h4-11,19-20,22H,3,12-13H2,1-2H3,(H,26,29)(H,27,31)(H,32,33)/t19-,20+,22+/m1/s1. The van der Waals surface area contributed by atoms with E-state index in [0.717, 1.165) is 12.1 Å². The summed E-state index contributed by atoms with van der Waals surface area (Å²) in [5.41, 5.74) is 0.515. The van der Waals surface area contributed by atoms with Crippen molar-refractivity contribution in [2.75, 3.05) is 6.61 Å². The van der Waals surface area contributed by atoms with Crippen LogP contribution in [0, 0.1) is 15.9 Å². The Bertz CT molecular complexity index is 1110. The van der Waals surface area contributed by atoms with Crippen LogP contribution in [-0.4, -0.2) is 52.5 Å². The summed E-state index contributed by atoms with van der Waals surface area (Å²) in [5, 5.41) is 25.7. The summed E-state index contributed by atoms with van der Waals surface area (Å²) in [7, 11) is 0. The van der Waals surface area contributed by atoms with Crippen LogP contribution in [0.4, 0.5) is 10.1 Å². The van der Waals surface area contributed by atoms with Crippen molar-refractivity contribution in [2.45, 2.75) is 44.7 Å². The monoisotopic (exact) mass is 503 g/mol. The number of non-ortho nitro benzene ring substituents is 1. The van der Waals surface area contributed by atoms with Gasteiger partial charge in [-0.15, -0.1) is 0 Å². The maximum atomic E-state index is 13.2. The molecular formula is C24H26FN3O8. The Morgan fingerprint density at radius 3 is 2.17 bits per heavy atom. The van der Waals surface area contributed by atoms with E-state index in [1.165, 1.54) is 43.3 Å². The van der Waals surface area contributed by atoms with Crippen LogP contribution in [-0.2, 0) is 30.3 Å². The minimum Gasteiger partial charge on any atom is -0.480 e. The number of nitrogens with one attached hydrogen (secondary N) is 2. The van der Waals surface area contributed by atoms with Gasteiger partial charge in [0.15, 0.2) is 0 Å². The van der Waals surface area contributed by atoms with Crippen molar-refractivity contribution in [1.82, 2.24) is 10.6 Å².